The number of alkyl halides is 1. The molecule has 0 aliphatic rings. The van der Waals surface area contributed by atoms with Crippen LogP contribution in [0.5, 0.6) is 0 Å². The maximum Gasteiger partial charge on any atom is 0.160 e. The summed E-state index contributed by atoms with van der Waals surface area (Å²) in [7, 11) is 0. The van der Waals surface area contributed by atoms with Gasteiger partial charge < -0.3 is 8.98 Å². The smallest absolute Gasteiger partial charge is 0.160 e. The highest BCUT2D eigenvalue weighted by molar-refractivity contribution is 6.20. The Morgan fingerprint density at radius 3 is 2.85 bits per heavy atom. The lowest BCUT2D eigenvalue weighted by Gasteiger charge is -2.17. The summed E-state index contributed by atoms with van der Waals surface area (Å²) < 4.78 is 7.53. The van der Waals surface area contributed by atoms with Crippen LogP contribution in [-0.4, -0.2) is 14.5 Å². The zero-order chi connectivity index (χ0) is 14.1. The van der Waals surface area contributed by atoms with Gasteiger partial charge in [-0.1, -0.05) is 0 Å². The van der Waals surface area contributed by atoms with Crippen molar-refractivity contribution in [1.29, 1.82) is 0 Å². The summed E-state index contributed by atoms with van der Waals surface area (Å²) in [4.78, 5) is 9.05. The third kappa shape index (κ3) is 2.31. The molecular weight excluding hydrogens is 274 g/mol. The van der Waals surface area contributed by atoms with Gasteiger partial charge in [-0.15, -0.1) is 11.6 Å². The Bertz CT molecular complexity index is 703. The van der Waals surface area contributed by atoms with Gasteiger partial charge >= 0.3 is 0 Å². The Balaban J connectivity index is 2.06. The molecule has 0 spiro atoms. The van der Waals surface area contributed by atoms with Crippen molar-refractivity contribution < 1.29 is 4.42 Å². The van der Waals surface area contributed by atoms with E-state index in [1.165, 1.54) is 0 Å². The molecule has 0 aliphatic heterocycles. The van der Waals surface area contributed by atoms with E-state index in [1.807, 2.05) is 31.2 Å². The van der Waals surface area contributed by atoms with E-state index in [-0.39, 0.29) is 11.4 Å². The molecule has 5 heteroatoms. The number of pyridine rings is 1. The van der Waals surface area contributed by atoms with Gasteiger partial charge in [-0.25, -0.2) is 9.97 Å². The van der Waals surface area contributed by atoms with Crippen molar-refractivity contribution in [1.82, 2.24) is 14.5 Å². The summed E-state index contributed by atoms with van der Waals surface area (Å²) in [5.41, 5.74) is 1.75. The van der Waals surface area contributed by atoms with Crippen molar-refractivity contribution >= 4 is 22.8 Å². The third-order valence-corrected chi connectivity index (χ3v) is 3.54. The molecule has 104 valence electrons. The molecule has 0 amide bonds. The Kier molecular flexibility index (Phi) is 3.49. The Hall–Kier alpha value is -1.81. The predicted molar refractivity (Wildman–Crippen MR) is 78.9 cm³/mol. The fraction of sp³-hybridized carbons (Fsp3) is 0.333. The van der Waals surface area contributed by atoms with Gasteiger partial charge in [-0.3, -0.25) is 0 Å². The zero-order valence-corrected chi connectivity index (χ0v) is 12.2. The average molecular weight is 290 g/mol. The van der Waals surface area contributed by atoms with Gasteiger partial charge in [0.25, 0.3) is 0 Å². The van der Waals surface area contributed by atoms with Crippen molar-refractivity contribution in [3.8, 4) is 0 Å². The molecule has 3 aromatic rings. The summed E-state index contributed by atoms with van der Waals surface area (Å²) in [6, 6.07) is 7.91. The average Bonchev–Trinajstić information content (AvgIpc) is 3.04. The van der Waals surface area contributed by atoms with E-state index in [2.05, 4.69) is 21.5 Å². The molecule has 4 nitrogen and oxygen atoms in total. The molecule has 2 unspecified atom stereocenters. The highest BCUT2D eigenvalue weighted by Crippen LogP contribution is 2.28. The normalized spacial score (nSPS) is 14.6. The van der Waals surface area contributed by atoms with Gasteiger partial charge in [-0.2, -0.15) is 0 Å². The molecule has 3 rings (SSSR count). The number of fused-ring (bicyclic) bond motifs is 1. The van der Waals surface area contributed by atoms with Crippen molar-refractivity contribution in [2.24, 2.45) is 0 Å². The maximum atomic E-state index is 6.27. The molecule has 2 atom stereocenters. The second-order valence-electron chi connectivity index (χ2n) is 4.93. The summed E-state index contributed by atoms with van der Waals surface area (Å²) in [6.45, 7) is 4.06. The highest BCUT2D eigenvalue weighted by Gasteiger charge is 2.20. The van der Waals surface area contributed by atoms with Crippen LogP contribution in [0.1, 0.15) is 36.9 Å². The van der Waals surface area contributed by atoms with Crippen LogP contribution in [0.4, 0.5) is 0 Å². The van der Waals surface area contributed by atoms with Crippen molar-refractivity contribution in [3.63, 3.8) is 0 Å². The monoisotopic (exact) mass is 289 g/mol. The molecule has 0 aromatic carbocycles. The van der Waals surface area contributed by atoms with Crippen LogP contribution >= 0.6 is 11.6 Å². The first-order valence-electron chi connectivity index (χ1n) is 6.66. The summed E-state index contributed by atoms with van der Waals surface area (Å²) >= 11 is 6.27. The first-order valence-corrected chi connectivity index (χ1v) is 7.09. The minimum absolute atomic E-state index is 0.164. The molecule has 20 heavy (non-hydrogen) atoms. The van der Waals surface area contributed by atoms with Gasteiger partial charge in [0.1, 0.15) is 17.1 Å². The van der Waals surface area contributed by atoms with E-state index in [4.69, 9.17) is 16.0 Å². The van der Waals surface area contributed by atoms with Crippen LogP contribution in [0.2, 0.25) is 0 Å². The third-order valence-electron chi connectivity index (χ3n) is 3.35. The topological polar surface area (TPSA) is 43.9 Å². The Morgan fingerprint density at radius 1 is 1.30 bits per heavy atom. The van der Waals surface area contributed by atoms with E-state index >= 15 is 0 Å². The van der Waals surface area contributed by atoms with Crippen LogP contribution in [0.15, 0.2) is 41.1 Å². The summed E-state index contributed by atoms with van der Waals surface area (Å²) in [5.74, 6) is 1.79. The van der Waals surface area contributed by atoms with Crippen LogP contribution in [0.25, 0.3) is 11.2 Å². The molecule has 0 saturated heterocycles. The largest absolute Gasteiger partial charge is 0.469 e. The fourth-order valence-corrected chi connectivity index (χ4v) is 2.63. The maximum absolute atomic E-state index is 6.27. The van der Waals surface area contributed by atoms with Gasteiger partial charge in [0.15, 0.2) is 5.65 Å². The number of rotatable bonds is 4. The molecule has 0 bridgehead atoms. The Labute approximate surface area is 122 Å². The summed E-state index contributed by atoms with van der Waals surface area (Å²) in [5, 5.41) is -0.164. The van der Waals surface area contributed by atoms with Crippen LogP contribution in [0, 0.1) is 0 Å². The second kappa shape index (κ2) is 5.29. The second-order valence-corrected chi connectivity index (χ2v) is 5.59. The molecule has 3 heterocycles. The van der Waals surface area contributed by atoms with E-state index in [0.29, 0.717) is 0 Å². The lowest BCUT2D eigenvalue weighted by atomic mass is 10.2. The number of nitrogens with zero attached hydrogens (tertiary/aromatic N) is 3. The summed E-state index contributed by atoms with van der Waals surface area (Å²) in [6.07, 6.45) is 4.26. The lowest BCUT2D eigenvalue weighted by molar-refractivity contribution is 0.445. The number of halogens is 1. The minimum Gasteiger partial charge on any atom is -0.469 e. The van der Waals surface area contributed by atoms with Crippen LogP contribution in [-0.2, 0) is 6.42 Å². The van der Waals surface area contributed by atoms with Gasteiger partial charge in [0.2, 0.25) is 0 Å². The fourth-order valence-electron chi connectivity index (χ4n) is 2.47. The van der Waals surface area contributed by atoms with Crippen LogP contribution < -0.4 is 0 Å². The molecule has 0 radical (unpaired) electrons. The molecule has 0 aliphatic carbocycles. The molecule has 0 saturated carbocycles. The highest BCUT2D eigenvalue weighted by atomic mass is 35.5. The van der Waals surface area contributed by atoms with Crippen molar-refractivity contribution in [2.45, 2.75) is 31.7 Å². The van der Waals surface area contributed by atoms with Gasteiger partial charge in [-0.05, 0) is 38.1 Å². The van der Waals surface area contributed by atoms with Crippen molar-refractivity contribution in [2.75, 3.05) is 0 Å². The predicted octanol–water partition coefficient (Wildman–Crippen LogP) is 4.13. The quantitative estimate of drug-likeness (QED) is 0.678. The van der Waals surface area contributed by atoms with Gasteiger partial charge in [0, 0.05) is 18.7 Å². The number of hydrogen-bond donors (Lipinski definition) is 0. The van der Waals surface area contributed by atoms with E-state index < -0.39 is 0 Å². The van der Waals surface area contributed by atoms with Gasteiger partial charge in [0.05, 0.1) is 11.6 Å². The van der Waals surface area contributed by atoms with Crippen LogP contribution in [0.3, 0.4) is 0 Å². The van der Waals surface area contributed by atoms with E-state index in [1.54, 1.807) is 12.5 Å². The lowest BCUT2D eigenvalue weighted by Crippen LogP contribution is -2.12. The number of aromatic nitrogens is 3. The number of imidazole rings is 1. The molecule has 3 aromatic heterocycles. The SMILES string of the molecule is CC(Cl)c1nc2cccnc2n1C(C)Cc1ccco1. The standard InChI is InChI=1S/C15H16ClN3O/c1-10(9-12-5-4-8-20-12)19-14(11(2)16)18-13-6-3-7-17-15(13)19/h3-8,10-11H,9H2,1-2H3. The molecular formula is C15H16ClN3O. The number of furan rings is 1. The minimum atomic E-state index is -0.164. The Morgan fingerprint density at radius 2 is 2.15 bits per heavy atom. The zero-order valence-electron chi connectivity index (χ0n) is 11.5. The van der Waals surface area contributed by atoms with Crippen molar-refractivity contribution in [3.05, 3.63) is 48.3 Å². The first-order chi connectivity index (χ1) is 9.66. The molecule has 0 N–H and O–H groups in total. The van der Waals surface area contributed by atoms with E-state index in [9.17, 15) is 0 Å². The van der Waals surface area contributed by atoms with E-state index in [0.717, 1.165) is 29.2 Å². The number of hydrogen-bond acceptors (Lipinski definition) is 3. The first kappa shape index (κ1) is 13.2. The molecule has 0 fully saturated rings.